The van der Waals surface area contributed by atoms with Crippen LogP contribution in [0.25, 0.3) is 11.1 Å². The van der Waals surface area contributed by atoms with E-state index in [-0.39, 0.29) is 27.5 Å². The minimum atomic E-state index is -1.10. The summed E-state index contributed by atoms with van der Waals surface area (Å²) in [5.74, 6) is -1.22. The number of carboxylic acids is 1. The summed E-state index contributed by atoms with van der Waals surface area (Å²) in [5.41, 5.74) is 8.86. The molecule has 3 rings (SSSR count). The van der Waals surface area contributed by atoms with Gasteiger partial charge in [0.2, 0.25) is 5.91 Å². The van der Waals surface area contributed by atoms with Crippen LogP contribution in [0.3, 0.4) is 0 Å². The zero-order chi connectivity index (χ0) is 25.7. The number of nitrogens with one attached hydrogen (secondary N) is 1. The Morgan fingerprint density at radius 1 is 1.06 bits per heavy atom. The number of nitrogens with zero attached hydrogens (tertiary/aromatic N) is 3. The highest BCUT2D eigenvalue weighted by molar-refractivity contribution is 8.00. The third-order valence-electron chi connectivity index (χ3n) is 5.32. The summed E-state index contributed by atoms with van der Waals surface area (Å²) in [6, 6.07) is 17.6. The third kappa shape index (κ3) is 5.60. The number of thioether (sulfide) groups is 1. The zero-order valence-electron chi connectivity index (χ0n) is 19.4. The lowest BCUT2D eigenvalue weighted by atomic mass is 9.94. The van der Waals surface area contributed by atoms with Crippen LogP contribution in [0.4, 0.5) is 11.5 Å². The molecule has 9 heteroatoms. The van der Waals surface area contributed by atoms with Gasteiger partial charge in [-0.25, -0.2) is 9.78 Å². The second-order valence-electron chi connectivity index (χ2n) is 8.06. The van der Waals surface area contributed by atoms with Gasteiger partial charge in [0.1, 0.15) is 28.5 Å². The van der Waals surface area contributed by atoms with Crippen molar-refractivity contribution >= 4 is 35.1 Å². The van der Waals surface area contributed by atoms with Crippen LogP contribution in [0.1, 0.15) is 53.7 Å². The topological polar surface area (TPSA) is 153 Å². The zero-order valence-corrected chi connectivity index (χ0v) is 20.2. The quantitative estimate of drug-likeness (QED) is 0.395. The third-order valence-corrected chi connectivity index (χ3v) is 6.40. The summed E-state index contributed by atoms with van der Waals surface area (Å²) >= 11 is 1.03. The summed E-state index contributed by atoms with van der Waals surface area (Å²) in [5, 5.41) is 31.0. The molecule has 0 aliphatic rings. The highest BCUT2D eigenvalue weighted by atomic mass is 32.2. The summed E-state index contributed by atoms with van der Waals surface area (Å²) in [6.45, 7) is 5.77. The van der Waals surface area contributed by atoms with E-state index >= 15 is 0 Å². The van der Waals surface area contributed by atoms with Crippen LogP contribution in [-0.2, 0) is 4.79 Å². The predicted octanol–water partition coefficient (Wildman–Crippen LogP) is 5.02. The maximum atomic E-state index is 12.8. The van der Waals surface area contributed by atoms with Crippen molar-refractivity contribution in [2.75, 3.05) is 11.1 Å². The summed E-state index contributed by atoms with van der Waals surface area (Å²) in [7, 11) is 0. The number of carboxylic acid groups (broad SMARTS) is 1. The first-order valence-electron chi connectivity index (χ1n) is 10.7. The molecule has 2 aromatic carbocycles. The number of benzene rings is 2. The molecule has 176 valence electrons. The second kappa shape index (κ2) is 10.7. The van der Waals surface area contributed by atoms with Gasteiger partial charge >= 0.3 is 5.97 Å². The van der Waals surface area contributed by atoms with Gasteiger partial charge < -0.3 is 16.2 Å². The van der Waals surface area contributed by atoms with Crippen molar-refractivity contribution in [2.45, 2.75) is 37.0 Å². The molecular formula is C26H23N5O3S. The van der Waals surface area contributed by atoms with Gasteiger partial charge in [0.05, 0.1) is 16.4 Å². The molecule has 0 spiro atoms. The van der Waals surface area contributed by atoms with Gasteiger partial charge in [0.15, 0.2) is 0 Å². The highest BCUT2D eigenvalue weighted by Crippen LogP contribution is 2.37. The maximum Gasteiger partial charge on any atom is 0.335 e. The van der Waals surface area contributed by atoms with E-state index in [0.29, 0.717) is 22.7 Å². The molecule has 8 nitrogen and oxygen atoms in total. The molecule has 1 atom stereocenters. The Morgan fingerprint density at radius 3 is 2.29 bits per heavy atom. The van der Waals surface area contributed by atoms with Crippen molar-refractivity contribution < 1.29 is 14.7 Å². The van der Waals surface area contributed by atoms with Gasteiger partial charge in [-0.05, 0) is 42.2 Å². The van der Waals surface area contributed by atoms with Crippen molar-refractivity contribution in [1.29, 1.82) is 10.5 Å². The van der Waals surface area contributed by atoms with Gasteiger partial charge in [-0.3, -0.25) is 4.79 Å². The lowest BCUT2D eigenvalue weighted by Crippen LogP contribution is -2.23. The number of aromatic nitrogens is 1. The molecule has 0 saturated carbocycles. The first kappa shape index (κ1) is 25.3. The number of nitrogens with two attached hydrogens (primary N) is 1. The van der Waals surface area contributed by atoms with Gasteiger partial charge in [-0.2, -0.15) is 10.5 Å². The monoisotopic (exact) mass is 485 g/mol. The number of carbonyl (C=O) groups is 2. The Balaban J connectivity index is 1.95. The van der Waals surface area contributed by atoms with Crippen LogP contribution in [0.2, 0.25) is 0 Å². The maximum absolute atomic E-state index is 12.8. The van der Waals surface area contributed by atoms with Crippen LogP contribution in [0.15, 0.2) is 53.6 Å². The molecule has 4 N–H and O–H groups in total. The lowest BCUT2D eigenvalue weighted by molar-refractivity contribution is -0.115. The average Bonchev–Trinajstić information content (AvgIpc) is 2.83. The molecular weight excluding hydrogens is 462 g/mol. The number of carbonyl (C=O) groups excluding carboxylic acids is 1. The largest absolute Gasteiger partial charge is 0.478 e. The van der Waals surface area contributed by atoms with Crippen LogP contribution < -0.4 is 11.1 Å². The number of amides is 1. The van der Waals surface area contributed by atoms with Gasteiger partial charge in [0.25, 0.3) is 0 Å². The number of aromatic carboxylic acids is 1. The van der Waals surface area contributed by atoms with Crippen LogP contribution in [0.5, 0.6) is 0 Å². The molecule has 1 unspecified atom stereocenters. The van der Waals surface area contributed by atoms with Crippen molar-refractivity contribution in [3.8, 4) is 23.3 Å². The van der Waals surface area contributed by atoms with E-state index < -0.39 is 17.1 Å². The minimum Gasteiger partial charge on any atom is -0.478 e. The molecule has 0 radical (unpaired) electrons. The lowest BCUT2D eigenvalue weighted by Gasteiger charge is -2.16. The molecule has 0 saturated heterocycles. The highest BCUT2D eigenvalue weighted by Gasteiger charge is 2.24. The Labute approximate surface area is 207 Å². The molecule has 3 aromatic rings. The Morgan fingerprint density at radius 2 is 1.71 bits per heavy atom. The fourth-order valence-electron chi connectivity index (χ4n) is 3.40. The van der Waals surface area contributed by atoms with E-state index in [1.165, 1.54) is 18.2 Å². The summed E-state index contributed by atoms with van der Waals surface area (Å²) in [6.07, 6.45) is 0. The normalized spacial score (nSPS) is 11.4. The number of hydrogen-bond acceptors (Lipinski definition) is 7. The predicted molar refractivity (Wildman–Crippen MR) is 135 cm³/mol. The number of pyridine rings is 1. The second-order valence-corrected chi connectivity index (χ2v) is 9.39. The number of hydrogen-bond donors (Lipinski definition) is 3. The number of nitrogen functional groups attached to an aromatic ring is 1. The Kier molecular flexibility index (Phi) is 7.75. The van der Waals surface area contributed by atoms with Gasteiger partial charge in [-0.1, -0.05) is 55.9 Å². The smallest absolute Gasteiger partial charge is 0.335 e. The Bertz CT molecular complexity index is 1370. The van der Waals surface area contributed by atoms with Gasteiger partial charge in [-0.15, -0.1) is 0 Å². The van der Waals surface area contributed by atoms with E-state index in [9.17, 15) is 20.1 Å². The van der Waals surface area contributed by atoms with Crippen LogP contribution in [0, 0.1) is 22.7 Å². The van der Waals surface area contributed by atoms with E-state index in [1.807, 2.05) is 30.3 Å². The van der Waals surface area contributed by atoms with E-state index in [1.54, 1.807) is 13.0 Å². The van der Waals surface area contributed by atoms with Crippen LogP contribution >= 0.6 is 11.8 Å². The van der Waals surface area contributed by atoms with Crippen molar-refractivity contribution in [1.82, 2.24) is 4.98 Å². The summed E-state index contributed by atoms with van der Waals surface area (Å²) < 4.78 is 0. The minimum absolute atomic E-state index is 0.0290. The number of rotatable bonds is 7. The van der Waals surface area contributed by atoms with Gasteiger partial charge in [0, 0.05) is 11.3 Å². The number of nitriles is 2. The van der Waals surface area contributed by atoms with E-state index in [4.69, 9.17) is 10.8 Å². The number of anilines is 2. The first-order valence-corrected chi connectivity index (χ1v) is 11.6. The Hall–Kier alpha value is -4.34. The first-order chi connectivity index (χ1) is 16.7. The SMILES string of the molecule is CC(Sc1nc(N)c(C#N)c(-c2ccc(C(C)C)cc2)c1C#N)C(=O)Nc1cccc(C(=O)O)c1. The molecule has 0 aliphatic carbocycles. The molecule has 1 heterocycles. The van der Waals surface area contributed by atoms with E-state index in [2.05, 4.69) is 30.2 Å². The fraction of sp³-hybridized carbons (Fsp3) is 0.192. The standard InChI is InChI=1S/C26H23N5O3S/c1-14(2)16-7-9-17(10-8-16)22-20(12-27)23(29)31-25(21(22)13-28)35-15(3)24(32)30-19-6-4-5-18(11-19)26(33)34/h4-11,14-15H,1-3H3,(H2,29,31)(H,30,32)(H,33,34). The van der Waals surface area contributed by atoms with Crippen molar-refractivity contribution in [2.24, 2.45) is 0 Å². The molecule has 1 aromatic heterocycles. The van der Waals surface area contributed by atoms with Crippen LogP contribution in [-0.4, -0.2) is 27.2 Å². The fourth-order valence-corrected chi connectivity index (χ4v) is 4.32. The van der Waals surface area contributed by atoms with Crippen molar-refractivity contribution in [3.63, 3.8) is 0 Å². The van der Waals surface area contributed by atoms with Crippen molar-refractivity contribution in [3.05, 3.63) is 70.8 Å². The molecule has 1 amide bonds. The molecule has 0 aliphatic heterocycles. The average molecular weight is 486 g/mol. The van der Waals surface area contributed by atoms with E-state index in [0.717, 1.165) is 17.3 Å². The molecule has 0 fully saturated rings. The summed E-state index contributed by atoms with van der Waals surface area (Å²) in [4.78, 5) is 28.2. The molecule has 0 bridgehead atoms. The molecule has 35 heavy (non-hydrogen) atoms.